The predicted molar refractivity (Wildman–Crippen MR) is 551 cm³/mol. The van der Waals surface area contributed by atoms with E-state index in [9.17, 15) is 53.3 Å². The third-order valence-electron chi connectivity index (χ3n) is 26.5. The van der Waals surface area contributed by atoms with E-state index < -0.39 is 76.2 Å². The van der Waals surface area contributed by atoms with Gasteiger partial charge in [0.05, 0.1) is 65.0 Å². The normalized spacial score (nSPS) is 15.4. The van der Waals surface area contributed by atoms with Crippen LogP contribution in [0.25, 0.3) is 78.2 Å². The number of fused-ring (bicyclic) bond motifs is 7. The number of carbonyl (C=O) groups excluding carboxylic acids is 3. The molecule has 6 aliphatic rings. The first-order valence-electron chi connectivity index (χ1n) is 46.8. The van der Waals surface area contributed by atoms with E-state index in [-0.39, 0.29) is 103 Å². The molecule has 12 aromatic rings. The summed E-state index contributed by atoms with van der Waals surface area (Å²) >= 11 is 1.43. The van der Waals surface area contributed by atoms with Crippen molar-refractivity contribution in [3.05, 3.63) is 307 Å². The van der Waals surface area contributed by atoms with Gasteiger partial charge in [-0.15, -0.1) is 0 Å². The monoisotopic (exact) mass is 2010 g/mol. The van der Waals surface area contributed by atoms with Gasteiger partial charge in [0.15, 0.2) is 58.6 Å². The third-order valence-corrected chi connectivity index (χ3v) is 29.8. The first kappa shape index (κ1) is 99.7. The number of hydrogen-bond acceptors (Lipinski definition) is 22. The summed E-state index contributed by atoms with van der Waals surface area (Å²) in [5, 5.41) is 45.5. The SMILES string of the molecule is CCN1c2cc3c(cc2C(C)=CC1(C)C)C(c1c(C(=O)O)c(-[n+]2ccc(N(C)C)cc2)c(-[n+]2ccc(N(C)C)cc2)c(Sc2ccc(C(=O)NCc4ccc(C(=O)NCc5c6oc7cc(O)ccc7c(-c7cc(C(=O)NCC#Cc8cn(C9CCC(COP(=O)(O)OP(=O)(O)O)O9)c9ncnc(N)c89)ccc7C(=O)O)c-6ccc5=O)cc4)cc2)c1-[n+]1ccc(N(C)C)cc1)=c1cc2c(cc1O3)=[N+](CC)C(C)(C)C=C2C. The van der Waals surface area contributed by atoms with Crippen LogP contribution in [0.2, 0.25) is 0 Å². The molecule has 10 heterocycles. The van der Waals surface area contributed by atoms with Crippen molar-refractivity contribution >= 4 is 124 Å². The average Bonchev–Trinajstić information content (AvgIpc) is 0.734. The van der Waals surface area contributed by atoms with Gasteiger partial charge in [-0.3, -0.25) is 23.7 Å². The van der Waals surface area contributed by atoms with E-state index in [0.29, 0.717) is 108 Å². The molecule has 0 radical (unpaired) electrons. The van der Waals surface area contributed by atoms with Crippen molar-refractivity contribution in [1.82, 2.24) is 35.1 Å². The van der Waals surface area contributed by atoms with E-state index >= 15 is 4.79 Å². The highest BCUT2D eigenvalue weighted by Crippen LogP contribution is 2.58. The summed E-state index contributed by atoms with van der Waals surface area (Å²) in [4.78, 5) is 133. The third kappa shape index (κ3) is 19.7. The second-order valence-corrected chi connectivity index (χ2v) is 41.4. The smallest absolute Gasteiger partial charge is 0.481 e. The van der Waals surface area contributed by atoms with Gasteiger partial charge in [0.2, 0.25) is 11.0 Å². The molecular formula is C108H107N15O19P2S+4. The summed E-state index contributed by atoms with van der Waals surface area (Å²) in [6.45, 7) is 17.6. The zero-order valence-electron chi connectivity index (χ0n) is 81.9. The van der Waals surface area contributed by atoms with E-state index in [4.69, 9.17) is 33.9 Å². The number of hydrogen-bond donors (Lipinski definition) is 10. The van der Waals surface area contributed by atoms with Crippen molar-refractivity contribution in [3.8, 4) is 68.6 Å². The van der Waals surface area contributed by atoms with Crippen LogP contribution in [-0.4, -0.2) is 160 Å². The number of phenols is 1. The Morgan fingerprint density at radius 1 is 0.641 bits per heavy atom. The number of allylic oxidation sites excluding steroid dienone is 2. The Labute approximate surface area is 838 Å². The van der Waals surface area contributed by atoms with E-state index in [1.165, 1.54) is 66.6 Å². The summed E-state index contributed by atoms with van der Waals surface area (Å²) in [5.41, 5.74) is 17.9. The number of aromatic carboxylic acids is 2. The number of carboxylic acid groups (broad SMARTS) is 2. The van der Waals surface area contributed by atoms with Crippen LogP contribution in [0.1, 0.15) is 165 Å². The summed E-state index contributed by atoms with van der Waals surface area (Å²) in [5.74, 6) is 2.52. The van der Waals surface area contributed by atoms with Crippen LogP contribution in [0.15, 0.2) is 239 Å². The maximum Gasteiger partial charge on any atom is 0.481 e. The quantitative estimate of drug-likeness (QED) is 0.00942. The lowest BCUT2D eigenvalue weighted by molar-refractivity contribution is -0.637. The van der Waals surface area contributed by atoms with Gasteiger partial charge in [0, 0.05) is 212 Å². The lowest BCUT2D eigenvalue weighted by Crippen LogP contribution is -2.49. The number of nitrogens with two attached hydrogens (primary N) is 1. The Kier molecular flexibility index (Phi) is 27.0. The molecule has 1 fully saturated rings. The maximum absolute atomic E-state index is 15.8. The Bertz CT molecular complexity index is 8110. The lowest BCUT2D eigenvalue weighted by Gasteiger charge is -2.43. The number of likely N-dealkylation sites (N-methyl/N-ethyl adjacent to an activating group) is 2. The molecule has 3 atom stereocenters. The number of rotatable bonds is 28. The molecule has 11 N–H and O–H groups in total. The first-order valence-corrected chi connectivity index (χ1v) is 50.6. The van der Waals surface area contributed by atoms with Gasteiger partial charge in [-0.25, -0.2) is 33.3 Å². The molecule has 5 aliphatic heterocycles. The van der Waals surface area contributed by atoms with Gasteiger partial charge >= 0.3 is 33.3 Å². The number of carboxylic acids is 2. The van der Waals surface area contributed by atoms with Crippen LogP contribution in [0.4, 0.5) is 28.6 Å². The molecule has 3 amide bonds. The number of amides is 3. The fourth-order valence-electron chi connectivity index (χ4n) is 19.8. The number of pyridine rings is 3. The maximum atomic E-state index is 15.8. The van der Waals surface area contributed by atoms with Gasteiger partial charge in [0.1, 0.15) is 59.2 Å². The van der Waals surface area contributed by atoms with Crippen LogP contribution in [0.3, 0.4) is 0 Å². The zero-order chi connectivity index (χ0) is 103. The highest BCUT2D eigenvalue weighted by Gasteiger charge is 2.48. The van der Waals surface area contributed by atoms with E-state index in [1.54, 1.807) is 47.2 Å². The number of anilines is 5. The fourth-order valence-corrected chi connectivity index (χ4v) is 22.5. The number of phosphoric acid groups is 2. The van der Waals surface area contributed by atoms with Crippen LogP contribution in [-0.2, 0) is 35.8 Å². The van der Waals surface area contributed by atoms with Crippen LogP contribution >= 0.6 is 27.4 Å². The van der Waals surface area contributed by atoms with Crippen molar-refractivity contribution in [2.45, 2.75) is 115 Å². The standard InChI is InChI=1S/C108H103N15O19P2S/c1-15-122-83-52-87-80(50-77(83)61(3)54-107(122,5)6)92(81-51-78-62(4)55-108(7,8)123(16-2)84(78)53-88(81)140-87)93-94(106(131)132)95(118-42-35-68(36-43-118)115(9)10)97(120-46-39-70(40-47-120)117(13)14)99(96(93)119-44-37-69(38-45-119)116(11)12)145-73-28-23-65(24-29-73)102(126)111-56-63-19-21-64(22-20-63)103(127)112-57-82-85(125)33-32-76-91(75-31-26-71(124)49-86(75)141-98(76)82)79-48-66(25-30-74(79)105(129)130)104(128)110-41-17-18-67-58-121(101-90(67)100(109)113-60-114-101)89-34-27-72(139-89)59-138-144(136,137)142-143(133,134)135/h19-26,28-33,35-40,42-55,58,60,72,89H,15-16,27,34,41,56-57,59H2,1-14H3,(H7-4,109,110,111,112,113,114,124,125,126,127,128,129,130,131,132,133,134,135,136,137)/p+4. The molecule has 0 bridgehead atoms. The molecule has 740 valence electrons. The summed E-state index contributed by atoms with van der Waals surface area (Å²) in [7, 11) is 1.27. The predicted octanol–water partition coefficient (Wildman–Crippen LogP) is 13.8. The average molecular weight is 2010 g/mol. The number of aromatic hydroxyl groups is 1. The Balaban J connectivity index is 0.640. The molecule has 7 aromatic carbocycles. The van der Waals surface area contributed by atoms with Gasteiger partial charge in [-0.05, 0) is 174 Å². The van der Waals surface area contributed by atoms with Crippen molar-refractivity contribution in [1.29, 1.82) is 0 Å². The summed E-state index contributed by atoms with van der Waals surface area (Å²) in [6.07, 6.45) is 18.1. The highest BCUT2D eigenvalue weighted by molar-refractivity contribution is 7.99. The number of nitrogen functional groups attached to an aromatic ring is 1. The minimum atomic E-state index is -5.37. The number of phenolic OH excluding ortho intramolecular Hbond substituents is 1. The molecule has 34 nitrogen and oxygen atoms in total. The van der Waals surface area contributed by atoms with Gasteiger partial charge in [0.25, 0.3) is 23.4 Å². The second-order valence-electron chi connectivity index (χ2n) is 37.5. The largest absolute Gasteiger partial charge is 0.508 e. The molecule has 18 rings (SSSR count). The molecule has 3 unspecified atom stereocenters. The van der Waals surface area contributed by atoms with Crippen molar-refractivity contribution in [3.63, 3.8) is 0 Å². The number of aromatic nitrogens is 6. The van der Waals surface area contributed by atoms with E-state index in [1.807, 2.05) is 156 Å². The summed E-state index contributed by atoms with van der Waals surface area (Å²) in [6, 6.07) is 45.2. The molecule has 0 saturated carbocycles. The zero-order valence-corrected chi connectivity index (χ0v) is 84.5. The Hall–Kier alpha value is -15.5. The van der Waals surface area contributed by atoms with Gasteiger partial charge < -0.3 is 89.7 Å². The number of benzene rings is 8. The number of nitrogens with zero attached hydrogens (tertiary/aromatic N) is 11. The Morgan fingerprint density at radius 2 is 1.26 bits per heavy atom. The van der Waals surface area contributed by atoms with Crippen molar-refractivity contribution in [2.24, 2.45) is 0 Å². The van der Waals surface area contributed by atoms with Gasteiger partial charge in [-0.1, -0.05) is 41.8 Å². The van der Waals surface area contributed by atoms with E-state index in [2.05, 4.69) is 143 Å². The number of carbonyl (C=O) groups is 5. The molecule has 1 saturated heterocycles. The van der Waals surface area contributed by atoms with Gasteiger partial charge in [-0.2, -0.15) is 18.0 Å². The first-order chi connectivity index (χ1) is 69.0. The van der Waals surface area contributed by atoms with Crippen LogP contribution in [0, 0.1) is 11.8 Å². The molecular weight excluding hydrogens is 1910 g/mol. The number of phosphoric ester groups is 1. The molecule has 5 aromatic heterocycles. The van der Waals surface area contributed by atoms with Crippen molar-refractivity contribution < 1.29 is 99.5 Å². The minimum absolute atomic E-state index is 0.00379. The number of nitrogens with one attached hydrogen (secondary N) is 3. The van der Waals surface area contributed by atoms with Crippen molar-refractivity contribution in [2.75, 3.05) is 93.9 Å². The highest BCUT2D eigenvalue weighted by atomic mass is 32.2. The van der Waals surface area contributed by atoms with E-state index in [0.717, 1.165) is 50.4 Å². The summed E-state index contributed by atoms with van der Waals surface area (Å²) < 4.78 is 61.9. The lowest BCUT2D eigenvalue weighted by atomic mass is 9.82. The molecule has 1 aliphatic carbocycles. The number of ether oxygens (including phenoxy) is 2. The van der Waals surface area contributed by atoms with Crippen LogP contribution in [0.5, 0.6) is 17.2 Å². The topological polar surface area (TPSA) is 428 Å². The second kappa shape index (κ2) is 39.3. The molecule has 37 heteroatoms. The molecule has 0 spiro atoms. The molecule has 145 heavy (non-hydrogen) atoms. The Morgan fingerprint density at radius 3 is 1.88 bits per heavy atom. The van der Waals surface area contributed by atoms with Crippen LogP contribution < -0.4 is 80.3 Å². The minimum Gasteiger partial charge on any atom is -0.508 e. The fraction of sp³-hybridized carbons (Fsp3) is 0.241.